The topological polar surface area (TPSA) is 48.7 Å². The van der Waals surface area contributed by atoms with E-state index in [1.807, 2.05) is 24.3 Å². The van der Waals surface area contributed by atoms with Crippen LogP contribution in [0.1, 0.15) is 10.6 Å². The second-order valence-corrected chi connectivity index (χ2v) is 4.88. The number of rotatable bonds is 3. The third-order valence-electron chi connectivity index (χ3n) is 1.94. The number of pyridine rings is 1. The molecule has 3 nitrogen and oxygen atoms in total. The molecule has 2 aromatic heterocycles. The maximum absolute atomic E-state index is 8.69. The molecule has 0 atom stereocenters. The van der Waals surface area contributed by atoms with Gasteiger partial charge in [0.1, 0.15) is 17.6 Å². The predicted molar refractivity (Wildman–Crippen MR) is 65.6 cm³/mol. The first-order valence-corrected chi connectivity index (χ1v) is 5.82. The molecule has 0 aliphatic heterocycles. The van der Waals surface area contributed by atoms with Crippen molar-refractivity contribution in [3.05, 3.63) is 45.2 Å². The van der Waals surface area contributed by atoms with Crippen LogP contribution in [0.4, 0.5) is 5.82 Å². The number of nitrogens with one attached hydrogen (secondary N) is 1. The van der Waals surface area contributed by atoms with Crippen LogP contribution in [0, 0.1) is 11.3 Å². The molecule has 2 aromatic rings. The molecule has 0 unspecified atom stereocenters. The van der Waals surface area contributed by atoms with E-state index in [-0.39, 0.29) is 0 Å². The maximum atomic E-state index is 8.69. The molecule has 0 aliphatic carbocycles. The number of anilines is 1. The van der Waals surface area contributed by atoms with E-state index < -0.39 is 0 Å². The standard InChI is InChI=1S/C11H8ClN3S/c12-10-5-4-9(16-10)7-14-11-3-1-2-8(6-13)15-11/h1-5H,7H2,(H,14,15). The van der Waals surface area contributed by atoms with Crippen molar-refractivity contribution < 1.29 is 0 Å². The molecule has 80 valence electrons. The fourth-order valence-electron chi connectivity index (χ4n) is 1.22. The molecule has 2 rings (SSSR count). The summed E-state index contributed by atoms with van der Waals surface area (Å²) in [4.78, 5) is 5.25. The third-order valence-corrected chi connectivity index (χ3v) is 3.17. The smallest absolute Gasteiger partial charge is 0.142 e. The van der Waals surface area contributed by atoms with Crippen LogP contribution in [0.2, 0.25) is 4.34 Å². The lowest BCUT2D eigenvalue weighted by Crippen LogP contribution is -2.00. The molecule has 0 saturated carbocycles. The molecule has 0 bridgehead atoms. The van der Waals surface area contributed by atoms with Crippen molar-refractivity contribution in [2.45, 2.75) is 6.54 Å². The molecular formula is C11H8ClN3S. The molecule has 0 spiro atoms. The Kier molecular flexibility index (Phi) is 3.40. The van der Waals surface area contributed by atoms with Gasteiger partial charge in [0.15, 0.2) is 0 Å². The fourth-order valence-corrected chi connectivity index (χ4v) is 2.25. The van der Waals surface area contributed by atoms with E-state index in [1.54, 1.807) is 12.1 Å². The molecular weight excluding hydrogens is 242 g/mol. The highest BCUT2D eigenvalue weighted by Gasteiger charge is 1.99. The molecule has 0 fully saturated rings. The fraction of sp³-hybridized carbons (Fsp3) is 0.0909. The third kappa shape index (κ3) is 2.72. The highest BCUT2D eigenvalue weighted by Crippen LogP contribution is 2.21. The highest BCUT2D eigenvalue weighted by atomic mass is 35.5. The van der Waals surface area contributed by atoms with Crippen molar-refractivity contribution in [1.82, 2.24) is 4.98 Å². The Morgan fingerprint density at radius 1 is 1.38 bits per heavy atom. The van der Waals surface area contributed by atoms with Gasteiger partial charge < -0.3 is 5.32 Å². The van der Waals surface area contributed by atoms with Crippen molar-refractivity contribution in [3.63, 3.8) is 0 Å². The first kappa shape index (κ1) is 10.9. The summed E-state index contributed by atoms with van der Waals surface area (Å²) in [6, 6.07) is 11.1. The van der Waals surface area contributed by atoms with Crippen molar-refractivity contribution in [1.29, 1.82) is 5.26 Å². The van der Waals surface area contributed by atoms with Gasteiger partial charge in [-0.3, -0.25) is 0 Å². The SMILES string of the molecule is N#Cc1cccc(NCc2ccc(Cl)s2)n1. The zero-order valence-electron chi connectivity index (χ0n) is 8.27. The Balaban J connectivity index is 2.02. The monoisotopic (exact) mass is 249 g/mol. The van der Waals surface area contributed by atoms with Gasteiger partial charge in [-0.15, -0.1) is 11.3 Å². The Morgan fingerprint density at radius 3 is 2.94 bits per heavy atom. The molecule has 1 N–H and O–H groups in total. The summed E-state index contributed by atoms with van der Waals surface area (Å²) in [5, 5.41) is 11.8. The number of nitriles is 1. The Morgan fingerprint density at radius 2 is 2.25 bits per heavy atom. The predicted octanol–water partition coefficient (Wildman–Crippen LogP) is 3.28. The lowest BCUT2D eigenvalue weighted by atomic mass is 10.3. The minimum atomic E-state index is 0.411. The summed E-state index contributed by atoms with van der Waals surface area (Å²) in [5.74, 6) is 0.698. The van der Waals surface area contributed by atoms with Crippen LogP contribution in [0.25, 0.3) is 0 Å². The minimum Gasteiger partial charge on any atom is -0.365 e. The van der Waals surface area contributed by atoms with Crippen molar-refractivity contribution in [2.75, 3.05) is 5.32 Å². The molecule has 0 aromatic carbocycles. The van der Waals surface area contributed by atoms with Crippen LogP contribution in [-0.4, -0.2) is 4.98 Å². The van der Waals surface area contributed by atoms with E-state index >= 15 is 0 Å². The Hall–Kier alpha value is -1.57. The average Bonchev–Trinajstić information content (AvgIpc) is 2.73. The van der Waals surface area contributed by atoms with E-state index in [4.69, 9.17) is 16.9 Å². The average molecular weight is 250 g/mol. The van der Waals surface area contributed by atoms with Crippen molar-refractivity contribution in [3.8, 4) is 6.07 Å². The lowest BCUT2D eigenvalue weighted by molar-refractivity contribution is 1.13. The van der Waals surface area contributed by atoms with Gasteiger partial charge >= 0.3 is 0 Å². The van der Waals surface area contributed by atoms with Crippen LogP contribution in [0.15, 0.2) is 30.3 Å². The number of aromatic nitrogens is 1. The molecule has 2 heterocycles. The van der Waals surface area contributed by atoms with E-state index in [1.165, 1.54) is 11.3 Å². The first-order valence-electron chi connectivity index (χ1n) is 4.63. The van der Waals surface area contributed by atoms with Gasteiger partial charge in [0.05, 0.1) is 10.9 Å². The highest BCUT2D eigenvalue weighted by molar-refractivity contribution is 7.16. The van der Waals surface area contributed by atoms with Crippen molar-refractivity contribution >= 4 is 28.8 Å². The van der Waals surface area contributed by atoms with E-state index in [9.17, 15) is 0 Å². The zero-order valence-corrected chi connectivity index (χ0v) is 9.85. The van der Waals surface area contributed by atoms with Crippen molar-refractivity contribution in [2.24, 2.45) is 0 Å². The quantitative estimate of drug-likeness (QED) is 0.908. The van der Waals surface area contributed by atoms with Gasteiger partial charge in [-0.1, -0.05) is 17.7 Å². The summed E-state index contributed by atoms with van der Waals surface area (Å²) in [5.41, 5.74) is 0.411. The van der Waals surface area contributed by atoms with Gasteiger partial charge in [0, 0.05) is 4.88 Å². The van der Waals surface area contributed by atoms with Gasteiger partial charge in [0.25, 0.3) is 0 Å². The largest absolute Gasteiger partial charge is 0.365 e. The van der Waals surface area contributed by atoms with Crippen LogP contribution >= 0.6 is 22.9 Å². The molecule has 0 amide bonds. The second kappa shape index (κ2) is 4.97. The van der Waals surface area contributed by atoms with Crippen LogP contribution in [0.3, 0.4) is 0 Å². The maximum Gasteiger partial charge on any atom is 0.142 e. The number of hydrogen-bond acceptors (Lipinski definition) is 4. The summed E-state index contributed by atoms with van der Waals surface area (Å²) < 4.78 is 0.774. The number of halogens is 1. The van der Waals surface area contributed by atoms with Crippen LogP contribution < -0.4 is 5.32 Å². The van der Waals surface area contributed by atoms with Crippen LogP contribution in [-0.2, 0) is 6.54 Å². The van der Waals surface area contributed by atoms with E-state index in [0.717, 1.165) is 9.21 Å². The molecule has 16 heavy (non-hydrogen) atoms. The van der Waals surface area contributed by atoms with Gasteiger partial charge in [-0.2, -0.15) is 5.26 Å². The molecule has 0 saturated heterocycles. The number of nitrogens with zero attached hydrogens (tertiary/aromatic N) is 2. The normalized spacial score (nSPS) is 9.75. The van der Waals surface area contributed by atoms with E-state index in [2.05, 4.69) is 10.3 Å². The van der Waals surface area contributed by atoms with Gasteiger partial charge in [-0.25, -0.2) is 4.98 Å². The first-order chi connectivity index (χ1) is 7.78. The Labute approximate surface area is 102 Å². The molecule has 5 heteroatoms. The van der Waals surface area contributed by atoms with Gasteiger partial charge in [0.2, 0.25) is 0 Å². The molecule has 0 aliphatic rings. The lowest BCUT2D eigenvalue weighted by Gasteiger charge is -2.03. The number of thiophene rings is 1. The van der Waals surface area contributed by atoms with Gasteiger partial charge in [-0.05, 0) is 24.3 Å². The summed E-state index contributed by atoms with van der Waals surface area (Å²) in [6.45, 7) is 0.666. The van der Waals surface area contributed by atoms with Crippen LogP contribution in [0.5, 0.6) is 0 Å². The second-order valence-electron chi connectivity index (χ2n) is 3.08. The summed E-state index contributed by atoms with van der Waals surface area (Å²) in [6.07, 6.45) is 0. The Bertz CT molecular complexity index is 530. The molecule has 0 radical (unpaired) electrons. The number of hydrogen-bond donors (Lipinski definition) is 1. The summed E-state index contributed by atoms with van der Waals surface area (Å²) in [7, 11) is 0. The minimum absolute atomic E-state index is 0.411. The van der Waals surface area contributed by atoms with E-state index in [0.29, 0.717) is 18.1 Å². The summed E-state index contributed by atoms with van der Waals surface area (Å²) >= 11 is 7.35. The zero-order chi connectivity index (χ0) is 11.4.